The summed E-state index contributed by atoms with van der Waals surface area (Å²) in [5, 5.41) is 3.05. The smallest absolute Gasteiger partial charge is 0.149 e. The van der Waals surface area contributed by atoms with Gasteiger partial charge in [0, 0.05) is 27.7 Å². The van der Waals surface area contributed by atoms with Crippen LogP contribution in [0.15, 0.2) is 18.2 Å². The fourth-order valence-corrected chi connectivity index (χ4v) is 2.25. The minimum Gasteiger partial charge on any atom is -0.399 e. The molecule has 0 bridgehead atoms. The molecule has 3 N–H and O–H groups in total. The first-order valence-electron chi connectivity index (χ1n) is 4.35. The van der Waals surface area contributed by atoms with Crippen LogP contribution in [0.2, 0.25) is 0 Å². The minimum atomic E-state index is -2.90. The topological polar surface area (TPSA) is 72.2 Å². The molecule has 1 rings (SSSR count). The van der Waals surface area contributed by atoms with Crippen LogP contribution in [0.25, 0.3) is 0 Å². The lowest BCUT2D eigenvalue weighted by molar-refractivity contribution is 0.602. The standard InChI is InChI=1S/C9H13IN2O2S/c1-15(13,14)5-4-12-9-3-2-7(11)6-8(9)10/h2-3,6,12H,4-5,11H2,1H3. The SMILES string of the molecule is CS(=O)(=O)CCNc1ccc(N)cc1I. The van der Waals surface area contributed by atoms with Crippen molar-refractivity contribution >= 4 is 43.8 Å². The molecule has 0 aliphatic rings. The molecule has 1 aromatic carbocycles. The van der Waals surface area contributed by atoms with Gasteiger partial charge >= 0.3 is 0 Å². The van der Waals surface area contributed by atoms with Gasteiger partial charge in [0.2, 0.25) is 0 Å². The summed E-state index contributed by atoms with van der Waals surface area (Å²) in [7, 11) is -2.90. The van der Waals surface area contributed by atoms with Crippen molar-refractivity contribution in [3.05, 3.63) is 21.8 Å². The highest BCUT2D eigenvalue weighted by molar-refractivity contribution is 14.1. The van der Waals surface area contributed by atoms with Gasteiger partial charge in [-0.2, -0.15) is 0 Å². The molecule has 0 aliphatic carbocycles. The summed E-state index contributed by atoms with van der Waals surface area (Å²) in [5.41, 5.74) is 7.21. The third-order valence-electron chi connectivity index (χ3n) is 1.78. The van der Waals surface area contributed by atoms with Crippen LogP contribution >= 0.6 is 22.6 Å². The molecule has 0 amide bonds. The predicted molar refractivity (Wildman–Crippen MR) is 71.8 cm³/mol. The number of hydrogen-bond acceptors (Lipinski definition) is 4. The second kappa shape index (κ2) is 5.02. The number of benzene rings is 1. The summed E-state index contributed by atoms with van der Waals surface area (Å²) in [5.74, 6) is 0.132. The third kappa shape index (κ3) is 4.70. The number of halogens is 1. The van der Waals surface area contributed by atoms with Gasteiger partial charge in [-0.15, -0.1) is 0 Å². The fourth-order valence-electron chi connectivity index (χ4n) is 1.05. The number of anilines is 2. The summed E-state index contributed by atoms with van der Waals surface area (Å²) in [6.07, 6.45) is 1.22. The first-order valence-corrected chi connectivity index (χ1v) is 7.49. The van der Waals surface area contributed by atoms with E-state index in [-0.39, 0.29) is 5.75 Å². The van der Waals surface area contributed by atoms with E-state index < -0.39 is 9.84 Å². The Balaban J connectivity index is 2.59. The predicted octanol–water partition coefficient (Wildman–Crippen LogP) is 1.33. The Morgan fingerprint density at radius 1 is 1.47 bits per heavy atom. The molecule has 6 heteroatoms. The van der Waals surface area contributed by atoms with Crippen molar-refractivity contribution in [3.8, 4) is 0 Å². The quantitative estimate of drug-likeness (QED) is 0.641. The van der Waals surface area contributed by atoms with Crippen molar-refractivity contribution in [1.29, 1.82) is 0 Å². The largest absolute Gasteiger partial charge is 0.399 e. The summed E-state index contributed by atoms with van der Waals surface area (Å²) >= 11 is 2.15. The lowest BCUT2D eigenvalue weighted by atomic mass is 10.3. The fraction of sp³-hybridized carbons (Fsp3) is 0.333. The zero-order chi connectivity index (χ0) is 11.5. The molecule has 0 spiro atoms. The lowest BCUT2D eigenvalue weighted by Gasteiger charge is -2.08. The van der Waals surface area contributed by atoms with Crippen molar-refractivity contribution in [2.24, 2.45) is 0 Å². The average molecular weight is 340 g/mol. The molecular formula is C9H13IN2O2S. The van der Waals surface area contributed by atoms with E-state index in [0.717, 1.165) is 9.26 Å². The lowest BCUT2D eigenvalue weighted by Crippen LogP contribution is -2.14. The number of nitrogens with one attached hydrogen (secondary N) is 1. The molecule has 1 aromatic rings. The summed E-state index contributed by atoms with van der Waals surface area (Å²) in [4.78, 5) is 0. The molecule has 0 saturated heterocycles. The number of sulfone groups is 1. The molecule has 84 valence electrons. The Morgan fingerprint density at radius 3 is 2.67 bits per heavy atom. The van der Waals surface area contributed by atoms with Gasteiger partial charge < -0.3 is 11.1 Å². The Kier molecular flexibility index (Phi) is 4.21. The van der Waals surface area contributed by atoms with Crippen molar-refractivity contribution < 1.29 is 8.42 Å². The molecule has 0 aromatic heterocycles. The molecule has 0 unspecified atom stereocenters. The summed E-state index contributed by atoms with van der Waals surface area (Å²) in [6.45, 7) is 0.415. The van der Waals surface area contributed by atoms with E-state index in [2.05, 4.69) is 27.9 Å². The van der Waals surface area contributed by atoms with Gasteiger partial charge in [0.1, 0.15) is 9.84 Å². The molecule has 4 nitrogen and oxygen atoms in total. The van der Waals surface area contributed by atoms with E-state index in [4.69, 9.17) is 5.73 Å². The van der Waals surface area contributed by atoms with Crippen LogP contribution in [0, 0.1) is 3.57 Å². The normalized spacial score (nSPS) is 11.3. The van der Waals surface area contributed by atoms with Crippen LogP contribution in [0.3, 0.4) is 0 Å². The van der Waals surface area contributed by atoms with Gasteiger partial charge in [-0.3, -0.25) is 0 Å². The third-order valence-corrected chi connectivity index (χ3v) is 3.62. The highest BCUT2D eigenvalue weighted by Gasteiger charge is 2.03. The van der Waals surface area contributed by atoms with E-state index in [9.17, 15) is 8.42 Å². The van der Waals surface area contributed by atoms with Gasteiger partial charge in [-0.05, 0) is 40.8 Å². The van der Waals surface area contributed by atoms with E-state index in [0.29, 0.717) is 12.2 Å². The van der Waals surface area contributed by atoms with Gasteiger partial charge in [-0.25, -0.2) is 8.42 Å². The summed E-state index contributed by atoms with van der Waals surface area (Å²) < 4.78 is 22.8. The first kappa shape index (κ1) is 12.6. The Bertz CT molecular complexity index is 445. The zero-order valence-corrected chi connectivity index (χ0v) is 11.3. The van der Waals surface area contributed by atoms with Gasteiger partial charge in [0.15, 0.2) is 0 Å². The molecule has 0 heterocycles. The number of hydrogen-bond donors (Lipinski definition) is 2. The monoisotopic (exact) mass is 340 g/mol. The van der Waals surface area contributed by atoms with Crippen LogP contribution < -0.4 is 11.1 Å². The Morgan fingerprint density at radius 2 is 2.13 bits per heavy atom. The van der Waals surface area contributed by atoms with Crippen LogP contribution in [0.5, 0.6) is 0 Å². The number of rotatable bonds is 4. The van der Waals surface area contributed by atoms with Crippen molar-refractivity contribution in [3.63, 3.8) is 0 Å². The number of nitrogens with two attached hydrogens (primary N) is 1. The second-order valence-corrected chi connectivity index (χ2v) is 6.72. The molecule has 0 aliphatic heterocycles. The molecular weight excluding hydrogens is 327 g/mol. The minimum absolute atomic E-state index is 0.132. The maximum atomic E-state index is 10.9. The van der Waals surface area contributed by atoms with E-state index in [1.54, 1.807) is 6.07 Å². The van der Waals surface area contributed by atoms with Crippen molar-refractivity contribution in [2.45, 2.75) is 0 Å². The maximum absolute atomic E-state index is 10.9. The molecule has 0 atom stereocenters. The molecule has 0 fully saturated rings. The van der Waals surface area contributed by atoms with E-state index >= 15 is 0 Å². The zero-order valence-electron chi connectivity index (χ0n) is 8.33. The molecule has 0 radical (unpaired) electrons. The van der Waals surface area contributed by atoms with Crippen molar-refractivity contribution in [1.82, 2.24) is 0 Å². The van der Waals surface area contributed by atoms with Gasteiger partial charge in [0.05, 0.1) is 5.75 Å². The van der Waals surface area contributed by atoms with Crippen LogP contribution in [0.1, 0.15) is 0 Å². The van der Waals surface area contributed by atoms with Crippen molar-refractivity contribution in [2.75, 3.05) is 29.6 Å². The van der Waals surface area contributed by atoms with Gasteiger partial charge in [0.25, 0.3) is 0 Å². The Hall–Kier alpha value is -0.500. The van der Waals surface area contributed by atoms with E-state index in [1.807, 2.05) is 12.1 Å². The maximum Gasteiger partial charge on any atom is 0.149 e. The number of nitrogen functional groups attached to an aromatic ring is 1. The molecule has 0 saturated carbocycles. The highest BCUT2D eigenvalue weighted by atomic mass is 127. The van der Waals surface area contributed by atoms with Crippen LogP contribution in [-0.2, 0) is 9.84 Å². The van der Waals surface area contributed by atoms with E-state index in [1.165, 1.54) is 6.26 Å². The second-order valence-electron chi connectivity index (χ2n) is 3.30. The summed E-state index contributed by atoms with van der Waals surface area (Å²) in [6, 6.07) is 5.47. The van der Waals surface area contributed by atoms with Crippen LogP contribution in [-0.4, -0.2) is 27.0 Å². The highest BCUT2D eigenvalue weighted by Crippen LogP contribution is 2.20. The molecule has 15 heavy (non-hydrogen) atoms. The first-order chi connectivity index (χ1) is 6.88. The van der Waals surface area contributed by atoms with Gasteiger partial charge in [-0.1, -0.05) is 0 Å². The Labute approximate surface area is 103 Å². The van der Waals surface area contributed by atoms with Crippen LogP contribution in [0.4, 0.5) is 11.4 Å². The average Bonchev–Trinajstić information content (AvgIpc) is 2.07.